The van der Waals surface area contributed by atoms with Crippen LogP contribution in [0.5, 0.6) is 11.5 Å². The Morgan fingerprint density at radius 3 is 2.87 bits per heavy atom. The predicted molar refractivity (Wildman–Crippen MR) is 145 cm³/mol. The molecule has 2 aromatic heterocycles. The minimum absolute atomic E-state index is 0.126. The Hall–Kier alpha value is -4.37. The summed E-state index contributed by atoms with van der Waals surface area (Å²) >= 11 is 1.30. The molecule has 0 fully saturated rings. The van der Waals surface area contributed by atoms with Gasteiger partial charge in [-0.1, -0.05) is 41.7 Å². The summed E-state index contributed by atoms with van der Waals surface area (Å²) in [5.41, 5.74) is 3.31. The molecule has 4 aromatic rings. The predicted octanol–water partition coefficient (Wildman–Crippen LogP) is 3.67. The van der Waals surface area contributed by atoms with E-state index in [4.69, 9.17) is 14.2 Å². The molecule has 4 heterocycles. The standard InChI is InChI=1S/C29H25N3O5S/c1-4-12-31-15-19(20-8-6-7-9-21(20)31)14-24-27(33)32-26(18-10-11-22-23(13-18)37-16-36-22)25(28(34)35-5-2)17(3)30-29(32)38-24/h4,6-11,13-15,26H,1,5,12,16H2,2-3H3/b24-14-. The van der Waals surface area contributed by atoms with Crippen LogP contribution in [-0.2, 0) is 16.1 Å². The molecule has 38 heavy (non-hydrogen) atoms. The van der Waals surface area contributed by atoms with E-state index >= 15 is 0 Å². The van der Waals surface area contributed by atoms with Crippen molar-refractivity contribution in [2.45, 2.75) is 26.4 Å². The Kier molecular flexibility index (Phi) is 6.00. The lowest BCUT2D eigenvalue weighted by molar-refractivity contribution is -0.139. The maximum Gasteiger partial charge on any atom is 0.338 e. The Balaban J connectivity index is 1.56. The fourth-order valence-electron chi connectivity index (χ4n) is 5.01. The van der Waals surface area contributed by atoms with Crippen molar-refractivity contribution in [1.82, 2.24) is 9.13 Å². The van der Waals surface area contributed by atoms with Gasteiger partial charge in [0.25, 0.3) is 5.56 Å². The van der Waals surface area contributed by atoms with E-state index in [-0.39, 0.29) is 19.0 Å². The van der Waals surface area contributed by atoms with Crippen molar-refractivity contribution in [3.63, 3.8) is 0 Å². The summed E-state index contributed by atoms with van der Waals surface area (Å²) in [6, 6.07) is 12.8. The monoisotopic (exact) mass is 527 g/mol. The Labute approximate surface area is 222 Å². The number of nitrogens with zero attached hydrogens (tertiary/aromatic N) is 3. The van der Waals surface area contributed by atoms with E-state index in [0.717, 1.165) is 16.5 Å². The van der Waals surface area contributed by atoms with E-state index in [1.54, 1.807) is 24.5 Å². The van der Waals surface area contributed by atoms with E-state index in [1.807, 2.05) is 54.7 Å². The molecule has 8 nitrogen and oxygen atoms in total. The van der Waals surface area contributed by atoms with E-state index < -0.39 is 12.0 Å². The normalized spacial score (nSPS) is 16.5. The first kappa shape index (κ1) is 24.0. The zero-order valence-electron chi connectivity index (χ0n) is 21.0. The van der Waals surface area contributed by atoms with Crippen LogP contribution in [0, 0.1) is 0 Å². The Bertz CT molecular complexity index is 1820. The summed E-state index contributed by atoms with van der Waals surface area (Å²) in [7, 11) is 0. The number of para-hydroxylation sites is 1. The van der Waals surface area contributed by atoms with Crippen molar-refractivity contribution < 1.29 is 19.0 Å². The number of hydrogen-bond acceptors (Lipinski definition) is 7. The summed E-state index contributed by atoms with van der Waals surface area (Å²) in [4.78, 5) is 32.3. The number of carbonyl (C=O) groups excluding carboxylic acids is 1. The largest absolute Gasteiger partial charge is 0.463 e. The zero-order valence-corrected chi connectivity index (χ0v) is 21.8. The van der Waals surface area contributed by atoms with E-state index in [2.05, 4.69) is 16.1 Å². The van der Waals surface area contributed by atoms with E-state index in [9.17, 15) is 9.59 Å². The number of fused-ring (bicyclic) bond motifs is 3. The van der Waals surface area contributed by atoms with Crippen LogP contribution in [0.25, 0.3) is 17.0 Å². The highest BCUT2D eigenvalue weighted by atomic mass is 32.1. The highest BCUT2D eigenvalue weighted by molar-refractivity contribution is 7.07. The summed E-state index contributed by atoms with van der Waals surface area (Å²) in [5.74, 6) is 0.686. The highest BCUT2D eigenvalue weighted by Gasteiger charge is 2.34. The lowest BCUT2D eigenvalue weighted by Gasteiger charge is -2.24. The SMILES string of the molecule is C=CCn1cc(/C=c2\sc3n(c2=O)C(c2ccc4c(c2)OCO4)C(C(=O)OCC)=C(C)N=3)c2ccccc21. The molecule has 2 aliphatic rings. The minimum Gasteiger partial charge on any atom is -0.463 e. The van der Waals surface area contributed by atoms with Gasteiger partial charge >= 0.3 is 5.97 Å². The number of aromatic nitrogens is 2. The molecule has 1 atom stereocenters. The quantitative estimate of drug-likeness (QED) is 0.282. The van der Waals surface area contributed by atoms with Gasteiger partial charge in [-0.25, -0.2) is 9.79 Å². The topological polar surface area (TPSA) is 84.0 Å². The van der Waals surface area contributed by atoms with Crippen LogP contribution >= 0.6 is 11.3 Å². The molecule has 192 valence electrons. The van der Waals surface area contributed by atoms with Gasteiger partial charge in [-0.05, 0) is 43.7 Å². The molecule has 0 amide bonds. The number of carbonyl (C=O) groups is 1. The molecule has 0 saturated carbocycles. The molecular formula is C29H25N3O5S. The van der Waals surface area contributed by atoms with Gasteiger partial charge in [0.05, 0.1) is 28.5 Å². The third kappa shape index (κ3) is 3.86. The number of allylic oxidation sites excluding steroid dienone is 2. The van der Waals surface area contributed by atoms with Crippen molar-refractivity contribution in [3.05, 3.63) is 103 Å². The Morgan fingerprint density at radius 1 is 1.24 bits per heavy atom. The van der Waals surface area contributed by atoms with Gasteiger partial charge in [-0.2, -0.15) is 0 Å². The Morgan fingerprint density at radius 2 is 2.05 bits per heavy atom. The van der Waals surface area contributed by atoms with Crippen LogP contribution in [-0.4, -0.2) is 28.5 Å². The first-order valence-electron chi connectivity index (χ1n) is 12.3. The fraction of sp³-hybridized carbons (Fsp3) is 0.207. The molecular weight excluding hydrogens is 502 g/mol. The van der Waals surface area contributed by atoms with E-state index in [0.29, 0.717) is 44.2 Å². The second-order valence-corrected chi connectivity index (χ2v) is 9.97. The third-order valence-electron chi connectivity index (χ3n) is 6.66. The second kappa shape index (κ2) is 9.50. The third-order valence-corrected chi connectivity index (χ3v) is 7.64. The highest BCUT2D eigenvalue weighted by Crippen LogP contribution is 2.38. The van der Waals surface area contributed by atoms with Crippen LogP contribution in [0.15, 0.2) is 82.4 Å². The first-order chi connectivity index (χ1) is 18.5. The van der Waals surface area contributed by atoms with Crippen LogP contribution < -0.4 is 24.4 Å². The van der Waals surface area contributed by atoms with Gasteiger partial charge in [-0.15, -0.1) is 6.58 Å². The minimum atomic E-state index is -0.718. The first-order valence-corrected chi connectivity index (χ1v) is 13.1. The summed E-state index contributed by atoms with van der Waals surface area (Å²) < 4.78 is 20.6. The average Bonchev–Trinajstić information content (AvgIpc) is 3.60. The lowest BCUT2D eigenvalue weighted by atomic mass is 9.95. The molecule has 0 radical (unpaired) electrons. The lowest BCUT2D eigenvalue weighted by Crippen LogP contribution is -2.39. The number of benzene rings is 2. The van der Waals surface area contributed by atoms with Crippen molar-refractivity contribution >= 4 is 34.3 Å². The number of hydrogen-bond donors (Lipinski definition) is 0. The average molecular weight is 528 g/mol. The van der Waals surface area contributed by atoms with Crippen molar-refractivity contribution in [3.8, 4) is 11.5 Å². The van der Waals surface area contributed by atoms with Crippen LogP contribution in [0.2, 0.25) is 0 Å². The molecule has 0 N–H and O–H groups in total. The van der Waals surface area contributed by atoms with Gasteiger partial charge in [0.1, 0.15) is 0 Å². The van der Waals surface area contributed by atoms with Gasteiger partial charge in [-0.3, -0.25) is 9.36 Å². The second-order valence-electron chi connectivity index (χ2n) is 8.96. The van der Waals surface area contributed by atoms with Crippen molar-refractivity contribution in [2.24, 2.45) is 4.99 Å². The summed E-state index contributed by atoms with van der Waals surface area (Å²) in [6.07, 6.45) is 5.76. The zero-order chi connectivity index (χ0) is 26.4. The molecule has 1 unspecified atom stereocenters. The summed E-state index contributed by atoms with van der Waals surface area (Å²) in [5, 5.41) is 1.04. The molecule has 2 aromatic carbocycles. The molecule has 9 heteroatoms. The number of thiazole rings is 1. The fourth-order valence-corrected chi connectivity index (χ4v) is 6.05. The molecule has 0 saturated heterocycles. The molecule has 6 rings (SSSR count). The number of rotatable bonds is 6. The van der Waals surface area contributed by atoms with Gasteiger partial charge in [0.2, 0.25) is 6.79 Å². The summed E-state index contributed by atoms with van der Waals surface area (Å²) in [6.45, 7) is 8.37. The molecule has 0 bridgehead atoms. The number of ether oxygens (including phenoxy) is 3. The maximum atomic E-state index is 14.0. The maximum absolute atomic E-state index is 14.0. The van der Waals surface area contributed by atoms with Gasteiger partial charge in [0.15, 0.2) is 16.3 Å². The molecule has 2 aliphatic heterocycles. The molecule has 0 aliphatic carbocycles. The van der Waals surface area contributed by atoms with Crippen molar-refractivity contribution in [2.75, 3.05) is 13.4 Å². The smallest absolute Gasteiger partial charge is 0.338 e. The number of esters is 1. The van der Waals surface area contributed by atoms with Crippen LogP contribution in [0.3, 0.4) is 0 Å². The van der Waals surface area contributed by atoms with Crippen LogP contribution in [0.4, 0.5) is 0 Å². The molecule has 0 spiro atoms. The van der Waals surface area contributed by atoms with Gasteiger partial charge in [0, 0.05) is 29.2 Å². The van der Waals surface area contributed by atoms with Crippen LogP contribution in [0.1, 0.15) is 31.0 Å². The van der Waals surface area contributed by atoms with Crippen molar-refractivity contribution in [1.29, 1.82) is 0 Å². The van der Waals surface area contributed by atoms with E-state index in [1.165, 1.54) is 11.3 Å². The van der Waals surface area contributed by atoms with Gasteiger partial charge < -0.3 is 18.8 Å².